The van der Waals surface area contributed by atoms with E-state index in [-0.39, 0.29) is 11.3 Å². The van der Waals surface area contributed by atoms with Crippen LogP contribution in [0.5, 0.6) is 11.5 Å². The Morgan fingerprint density at radius 1 is 0.852 bits per heavy atom. The average molecular weight is 381 g/mol. The fourth-order valence-corrected chi connectivity index (χ4v) is 3.21. The molecule has 0 radical (unpaired) electrons. The number of carbonyl (C=O) groups is 1. The third kappa shape index (κ3) is 9.66. The highest BCUT2D eigenvalue weighted by Crippen LogP contribution is 2.32. The molecule has 0 fully saturated rings. The second-order valence-electron chi connectivity index (χ2n) is 7.17. The van der Waals surface area contributed by atoms with Crippen LogP contribution in [0.1, 0.15) is 93.5 Å². The van der Waals surface area contributed by atoms with Gasteiger partial charge in [-0.15, -0.1) is 0 Å². The number of rotatable bonds is 16. The van der Waals surface area contributed by atoms with E-state index < -0.39 is 11.7 Å². The van der Waals surface area contributed by atoms with Crippen LogP contribution < -0.4 is 0 Å². The highest BCUT2D eigenvalue weighted by atomic mass is 16.5. The second-order valence-corrected chi connectivity index (χ2v) is 7.17. The number of benzene rings is 1. The minimum absolute atomic E-state index is 0.179. The minimum Gasteiger partial charge on any atom is -0.504 e. The Hall–Kier alpha value is -1.75. The van der Waals surface area contributed by atoms with Crippen LogP contribution in [0, 0.1) is 0 Å². The van der Waals surface area contributed by atoms with Gasteiger partial charge in [-0.3, -0.25) is 0 Å². The Kier molecular flexibility index (Phi) is 12.4. The predicted octanol–water partition coefficient (Wildman–Crippen LogP) is 5.67. The number of phenols is 2. The lowest BCUT2D eigenvalue weighted by atomic mass is 9.99. The highest BCUT2D eigenvalue weighted by molar-refractivity contribution is 5.93. The molecular formula is C22H36O5. The SMILES string of the molecule is CCCCCCCOCCCCCCCCc1ccc(O)c(O)c1C(=O)O. The average Bonchev–Trinajstić information content (AvgIpc) is 2.64. The molecule has 0 aromatic heterocycles. The van der Waals surface area contributed by atoms with Gasteiger partial charge in [0.15, 0.2) is 11.5 Å². The molecule has 0 spiro atoms. The summed E-state index contributed by atoms with van der Waals surface area (Å²) in [4.78, 5) is 11.3. The summed E-state index contributed by atoms with van der Waals surface area (Å²) in [6.07, 6.45) is 13.4. The van der Waals surface area contributed by atoms with Crippen molar-refractivity contribution in [2.45, 2.75) is 84.0 Å². The van der Waals surface area contributed by atoms with Crippen LogP contribution in [-0.2, 0) is 11.2 Å². The third-order valence-corrected chi connectivity index (χ3v) is 4.83. The molecule has 0 heterocycles. The molecule has 154 valence electrons. The number of unbranched alkanes of at least 4 members (excludes halogenated alkanes) is 9. The van der Waals surface area contributed by atoms with Gasteiger partial charge in [0.05, 0.1) is 0 Å². The maximum atomic E-state index is 11.3. The maximum absolute atomic E-state index is 11.3. The van der Waals surface area contributed by atoms with Crippen molar-refractivity contribution in [2.24, 2.45) is 0 Å². The number of aromatic carboxylic acids is 1. The summed E-state index contributed by atoms with van der Waals surface area (Å²) >= 11 is 0. The van der Waals surface area contributed by atoms with E-state index in [1.807, 2.05) is 0 Å². The normalized spacial score (nSPS) is 11.0. The number of carboxylic acids is 1. The standard InChI is InChI=1S/C22H36O5/c1-2-3-4-8-11-16-27-17-12-9-6-5-7-10-13-18-14-15-19(23)21(24)20(18)22(25)26/h14-15,23-24H,2-13,16-17H2,1H3,(H,25,26). The Morgan fingerprint density at radius 2 is 1.41 bits per heavy atom. The summed E-state index contributed by atoms with van der Waals surface area (Å²) in [5.41, 5.74) is 0.395. The van der Waals surface area contributed by atoms with Crippen LogP contribution in [0.25, 0.3) is 0 Å². The van der Waals surface area contributed by atoms with Gasteiger partial charge in [-0.2, -0.15) is 0 Å². The Bertz CT molecular complexity index is 542. The van der Waals surface area contributed by atoms with Crippen molar-refractivity contribution in [1.82, 2.24) is 0 Å². The molecule has 3 N–H and O–H groups in total. The molecule has 0 saturated heterocycles. The zero-order chi connectivity index (χ0) is 19.9. The van der Waals surface area contributed by atoms with E-state index in [2.05, 4.69) is 6.92 Å². The monoisotopic (exact) mass is 380 g/mol. The smallest absolute Gasteiger partial charge is 0.339 e. The van der Waals surface area contributed by atoms with E-state index in [9.17, 15) is 20.1 Å². The summed E-state index contributed by atoms with van der Waals surface area (Å²) in [7, 11) is 0. The lowest BCUT2D eigenvalue weighted by Crippen LogP contribution is -2.03. The lowest BCUT2D eigenvalue weighted by molar-refractivity contribution is 0.0691. The zero-order valence-electron chi connectivity index (χ0n) is 16.7. The first-order valence-corrected chi connectivity index (χ1v) is 10.4. The molecule has 5 nitrogen and oxygen atoms in total. The quantitative estimate of drug-likeness (QED) is 0.254. The van der Waals surface area contributed by atoms with E-state index in [1.54, 1.807) is 6.07 Å². The van der Waals surface area contributed by atoms with Crippen LogP contribution in [-0.4, -0.2) is 34.5 Å². The fourth-order valence-electron chi connectivity index (χ4n) is 3.21. The molecule has 5 heteroatoms. The molecular weight excluding hydrogens is 344 g/mol. The number of carboxylic acid groups (broad SMARTS) is 1. The van der Waals surface area contributed by atoms with Gasteiger partial charge in [-0.25, -0.2) is 4.79 Å². The summed E-state index contributed by atoms with van der Waals surface area (Å²) in [5.74, 6) is -2.13. The van der Waals surface area contributed by atoms with Crippen molar-refractivity contribution in [2.75, 3.05) is 13.2 Å². The highest BCUT2D eigenvalue weighted by Gasteiger charge is 2.18. The van der Waals surface area contributed by atoms with E-state index >= 15 is 0 Å². The van der Waals surface area contributed by atoms with E-state index in [1.165, 1.54) is 38.2 Å². The molecule has 0 aliphatic rings. The molecule has 0 saturated carbocycles. The van der Waals surface area contributed by atoms with Gasteiger partial charge < -0.3 is 20.1 Å². The molecule has 0 aliphatic carbocycles. The summed E-state index contributed by atoms with van der Waals surface area (Å²) in [5, 5.41) is 28.4. The molecule has 0 bridgehead atoms. The van der Waals surface area contributed by atoms with E-state index in [0.717, 1.165) is 51.7 Å². The molecule has 0 amide bonds. The Morgan fingerprint density at radius 3 is 2.00 bits per heavy atom. The van der Waals surface area contributed by atoms with Crippen molar-refractivity contribution < 1.29 is 24.9 Å². The van der Waals surface area contributed by atoms with Crippen molar-refractivity contribution >= 4 is 5.97 Å². The van der Waals surface area contributed by atoms with Crippen molar-refractivity contribution in [3.8, 4) is 11.5 Å². The van der Waals surface area contributed by atoms with Crippen LogP contribution in [0.15, 0.2) is 12.1 Å². The predicted molar refractivity (Wildman–Crippen MR) is 108 cm³/mol. The topological polar surface area (TPSA) is 87.0 Å². The van der Waals surface area contributed by atoms with E-state index in [4.69, 9.17) is 4.74 Å². The first-order chi connectivity index (χ1) is 13.1. The molecule has 0 atom stereocenters. The first-order valence-electron chi connectivity index (χ1n) is 10.4. The lowest BCUT2D eigenvalue weighted by Gasteiger charge is -2.09. The molecule has 1 aromatic rings. The zero-order valence-corrected chi connectivity index (χ0v) is 16.7. The molecule has 0 aliphatic heterocycles. The van der Waals surface area contributed by atoms with Gasteiger partial charge in [-0.1, -0.05) is 64.4 Å². The molecule has 0 unspecified atom stereocenters. The van der Waals surface area contributed by atoms with Gasteiger partial charge >= 0.3 is 5.97 Å². The molecule has 1 rings (SSSR count). The molecule has 1 aromatic carbocycles. The second kappa shape index (κ2) is 14.3. The van der Waals surface area contributed by atoms with Gasteiger partial charge in [0, 0.05) is 13.2 Å². The summed E-state index contributed by atoms with van der Waals surface area (Å²) in [6, 6.07) is 2.93. The van der Waals surface area contributed by atoms with Gasteiger partial charge in [0.1, 0.15) is 5.56 Å². The Labute approximate surface area is 163 Å². The summed E-state index contributed by atoms with van der Waals surface area (Å²) in [6.45, 7) is 3.96. The van der Waals surface area contributed by atoms with Crippen molar-refractivity contribution in [1.29, 1.82) is 0 Å². The number of aromatic hydroxyl groups is 2. The van der Waals surface area contributed by atoms with Crippen LogP contribution in [0.3, 0.4) is 0 Å². The van der Waals surface area contributed by atoms with Crippen molar-refractivity contribution in [3.05, 3.63) is 23.3 Å². The Balaban J connectivity index is 2.04. The molecule has 27 heavy (non-hydrogen) atoms. The minimum atomic E-state index is -1.20. The maximum Gasteiger partial charge on any atom is 0.339 e. The van der Waals surface area contributed by atoms with Gasteiger partial charge in [-0.05, 0) is 37.3 Å². The number of aryl methyl sites for hydroxylation is 1. The summed E-state index contributed by atoms with van der Waals surface area (Å²) < 4.78 is 5.66. The number of phenolic OH excluding ortho intramolecular Hbond substituents is 1. The van der Waals surface area contributed by atoms with Gasteiger partial charge in [0.2, 0.25) is 0 Å². The fraction of sp³-hybridized carbons (Fsp3) is 0.682. The van der Waals surface area contributed by atoms with Crippen LogP contribution in [0.2, 0.25) is 0 Å². The van der Waals surface area contributed by atoms with E-state index in [0.29, 0.717) is 12.0 Å². The third-order valence-electron chi connectivity index (χ3n) is 4.83. The number of hydrogen-bond acceptors (Lipinski definition) is 4. The van der Waals surface area contributed by atoms with Crippen LogP contribution in [0.4, 0.5) is 0 Å². The van der Waals surface area contributed by atoms with Gasteiger partial charge in [0.25, 0.3) is 0 Å². The largest absolute Gasteiger partial charge is 0.504 e. The van der Waals surface area contributed by atoms with Crippen molar-refractivity contribution in [3.63, 3.8) is 0 Å². The first kappa shape index (κ1) is 23.3. The number of ether oxygens (including phenoxy) is 1. The number of hydrogen-bond donors (Lipinski definition) is 3. The van der Waals surface area contributed by atoms with Crippen LogP contribution >= 0.6 is 0 Å².